The molecule has 6 heteroatoms. The smallest absolute Gasteiger partial charge is 0.253 e. The van der Waals surface area contributed by atoms with E-state index in [2.05, 4.69) is 10.3 Å². The van der Waals surface area contributed by atoms with Gasteiger partial charge in [-0.15, -0.1) is 0 Å². The molecule has 0 aliphatic heterocycles. The van der Waals surface area contributed by atoms with Gasteiger partial charge in [0, 0.05) is 6.20 Å². The number of pyridine rings is 1. The van der Waals surface area contributed by atoms with Crippen LogP contribution in [0, 0.1) is 0 Å². The summed E-state index contributed by atoms with van der Waals surface area (Å²) in [4.78, 5) is 16.2. The van der Waals surface area contributed by atoms with E-state index >= 15 is 0 Å². The highest BCUT2D eigenvalue weighted by atomic mass is 35.5. The minimum absolute atomic E-state index is 0.192. The summed E-state index contributed by atoms with van der Waals surface area (Å²) in [6.45, 7) is 6.86. The zero-order chi connectivity index (χ0) is 17.5. The lowest BCUT2D eigenvalue weighted by Crippen LogP contribution is -2.26. The van der Waals surface area contributed by atoms with E-state index in [1.54, 1.807) is 12.1 Å². The zero-order valence-electron chi connectivity index (χ0n) is 14.0. The Morgan fingerprint density at radius 2 is 1.88 bits per heavy atom. The van der Waals surface area contributed by atoms with Crippen LogP contribution in [-0.2, 0) is 0 Å². The summed E-state index contributed by atoms with van der Waals surface area (Å²) in [6, 6.07) is 8.70. The molecule has 128 valence electrons. The first-order valence-corrected chi connectivity index (χ1v) is 8.24. The highest BCUT2D eigenvalue weighted by molar-refractivity contribution is 6.29. The van der Waals surface area contributed by atoms with E-state index in [1.165, 1.54) is 6.20 Å². The van der Waals surface area contributed by atoms with E-state index in [1.807, 2.05) is 39.0 Å². The van der Waals surface area contributed by atoms with Crippen molar-refractivity contribution >= 4 is 17.5 Å². The standard InChI is InChI=1S/C18H21ClN2O3/c1-4-23-15-8-6-13(10-16(15)24-5-2)12(3)21-18(22)14-7-9-17(19)20-11-14/h6-12H,4-5H2,1-3H3,(H,21,22)/t12-/m0/s1. The van der Waals surface area contributed by atoms with Gasteiger partial charge in [-0.1, -0.05) is 17.7 Å². The topological polar surface area (TPSA) is 60.5 Å². The number of aromatic nitrogens is 1. The van der Waals surface area contributed by atoms with Crippen molar-refractivity contribution in [3.8, 4) is 11.5 Å². The molecule has 1 aromatic carbocycles. The number of ether oxygens (including phenoxy) is 2. The van der Waals surface area contributed by atoms with Crippen LogP contribution in [0.2, 0.25) is 5.15 Å². The van der Waals surface area contributed by atoms with E-state index < -0.39 is 0 Å². The van der Waals surface area contributed by atoms with Crippen molar-refractivity contribution in [3.05, 3.63) is 52.8 Å². The van der Waals surface area contributed by atoms with Crippen molar-refractivity contribution in [2.45, 2.75) is 26.8 Å². The fourth-order valence-corrected chi connectivity index (χ4v) is 2.32. The SMILES string of the molecule is CCOc1ccc([C@H](C)NC(=O)c2ccc(Cl)nc2)cc1OCC. The summed E-state index contributed by atoms with van der Waals surface area (Å²) in [5, 5.41) is 3.29. The van der Waals surface area contributed by atoms with Crippen LogP contribution in [0.1, 0.15) is 42.7 Å². The van der Waals surface area contributed by atoms with Crippen LogP contribution in [0.4, 0.5) is 0 Å². The first-order chi connectivity index (χ1) is 11.5. The van der Waals surface area contributed by atoms with Crippen LogP contribution in [0.5, 0.6) is 11.5 Å². The van der Waals surface area contributed by atoms with Gasteiger partial charge in [0.15, 0.2) is 11.5 Å². The number of carbonyl (C=O) groups is 1. The first-order valence-electron chi connectivity index (χ1n) is 7.87. The number of amides is 1. The van der Waals surface area contributed by atoms with E-state index in [4.69, 9.17) is 21.1 Å². The van der Waals surface area contributed by atoms with Gasteiger partial charge in [0.25, 0.3) is 5.91 Å². The number of hydrogen-bond acceptors (Lipinski definition) is 4. The summed E-state index contributed by atoms with van der Waals surface area (Å²) in [6.07, 6.45) is 1.45. The third kappa shape index (κ3) is 4.61. The molecule has 1 aromatic heterocycles. The lowest BCUT2D eigenvalue weighted by Gasteiger charge is -2.17. The van der Waals surface area contributed by atoms with E-state index in [9.17, 15) is 4.79 Å². The maximum Gasteiger partial charge on any atom is 0.253 e. The van der Waals surface area contributed by atoms with Gasteiger partial charge in [-0.25, -0.2) is 4.98 Å². The lowest BCUT2D eigenvalue weighted by atomic mass is 10.1. The fourth-order valence-electron chi connectivity index (χ4n) is 2.21. The number of nitrogens with zero attached hydrogens (tertiary/aromatic N) is 1. The quantitative estimate of drug-likeness (QED) is 0.767. The van der Waals surface area contributed by atoms with Gasteiger partial charge in [0.2, 0.25) is 0 Å². The molecule has 0 bridgehead atoms. The molecule has 0 spiro atoms. The van der Waals surface area contributed by atoms with Crippen LogP contribution in [0.15, 0.2) is 36.5 Å². The average Bonchev–Trinajstić information content (AvgIpc) is 2.57. The van der Waals surface area contributed by atoms with Crippen LogP contribution < -0.4 is 14.8 Å². The Kier molecular flexibility index (Phi) is 6.44. The molecule has 0 radical (unpaired) electrons. The molecule has 0 aliphatic carbocycles. The molecular weight excluding hydrogens is 328 g/mol. The minimum atomic E-state index is -0.210. The van der Waals surface area contributed by atoms with E-state index in [0.717, 1.165) is 5.56 Å². The molecule has 1 N–H and O–H groups in total. The molecule has 1 amide bonds. The van der Waals surface area contributed by atoms with Gasteiger partial charge < -0.3 is 14.8 Å². The summed E-state index contributed by atoms with van der Waals surface area (Å²) in [7, 11) is 0. The van der Waals surface area contributed by atoms with E-state index in [0.29, 0.717) is 35.4 Å². The molecule has 5 nitrogen and oxygen atoms in total. The number of rotatable bonds is 7. The molecule has 1 atom stereocenters. The Hall–Kier alpha value is -2.27. The Bertz CT molecular complexity index is 689. The molecular formula is C18H21ClN2O3. The van der Waals surface area contributed by atoms with Gasteiger partial charge in [-0.05, 0) is 50.6 Å². The minimum Gasteiger partial charge on any atom is -0.490 e. The van der Waals surface area contributed by atoms with Gasteiger partial charge in [0.1, 0.15) is 5.15 Å². The maximum atomic E-state index is 12.3. The fraction of sp³-hybridized carbons (Fsp3) is 0.333. The molecule has 0 saturated carbocycles. The van der Waals surface area contributed by atoms with Gasteiger partial charge in [0.05, 0.1) is 24.8 Å². The van der Waals surface area contributed by atoms with Gasteiger partial charge >= 0.3 is 0 Å². The number of benzene rings is 1. The number of halogens is 1. The Morgan fingerprint density at radius 3 is 2.50 bits per heavy atom. The van der Waals surface area contributed by atoms with Crippen molar-refractivity contribution in [2.75, 3.05) is 13.2 Å². The maximum absolute atomic E-state index is 12.3. The second-order valence-corrected chi connectivity index (χ2v) is 5.52. The van der Waals surface area contributed by atoms with Crippen molar-refractivity contribution in [2.24, 2.45) is 0 Å². The molecule has 24 heavy (non-hydrogen) atoms. The third-order valence-electron chi connectivity index (χ3n) is 3.40. The van der Waals surface area contributed by atoms with Crippen LogP contribution in [0.25, 0.3) is 0 Å². The van der Waals surface area contributed by atoms with Gasteiger partial charge in [-0.3, -0.25) is 4.79 Å². The molecule has 0 saturated heterocycles. The van der Waals surface area contributed by atoms with Crippen molar-refractivity contribution in [1.29, 1.82) is 0 Å². The first kappa shape index (κ1) is 18.1. The van der Waals surface area contributed by atoms with Gasteiger partial charge in [-0.2, -0.15) is 0 Å². The summed E-state index contributed by atoms with van der Waals surface area (Å²) < 4.78 is 11.2. The monoisotopic (exact) mass is 348 g/mol. The molecule has 2 aromatic rings. The number of nitrogens with one attached hydrogen (secondary N) is 1. The average molecular weight is 349 g/mol. The van der Waals surface area contributed by atoms with Crippen LogP contribution in [-0.4, -0.2) is 24.1 Å². The number of carbonyl (C=O) groups excluding carboxylic acids is 1. The molecule has 0 fully saturated rings. The second-order valence-electron chi connectivity index (χ2n) is 5.14. The molecule has 0 unspecified atom stereocenters. The lowest BCUT2D eigenvalue weighted by molar-refractivity contribution is 0.0939. The zero-order valence-corrected chi connectivity index (χ0v) is 14.8. The predicted octanol–water partition coefficient (Wildman–Crippen LogP) is 4.02. The summed E-state index contributed by atoms with van der Waals surface area (Å²) in [5.41, 5.74) is 1.39. The Labute approximate surface area is 147 Å². The predicted molar refractivity (Wildman–Crippen MR) is 93.9 cm³/mol. The summed E-state index contributed by atoms with van der Waals surface area (Å²) in [5.74, 6) is 1.16. The second kappa shape index (κ2) is 8.55. The van der Waals surface area contributed by atoms with Crippen molar-refractivity contribution in [3.63, 3.8) is 0 Å². The largest absolute Gasteiger partial charge is 0.490 e. The Balaban J connectivity index is 2.13. The Morgan fingerprint density at radius 1 is 1.17 bits per heavy atom. The summed E-state index contributed by atoms with van der Waals surface area (Å²) >= 11 is 5.74. The normalized spacial score (nSPS) is 11.7. The van der Waals surface area contributed by atoms with Crippen LogP contribution >= 0.6 is 11.6 Å². The highest BCUT2D eigenvalue weighted by Crippen LogP contribution is 2.30. The van der Waals surface area contributed by atoms with Crippen molar-refractivity contribution < 1.29 is 14.3 Å². The highest BCUT2D eigenvalue weighted by Gasteiger charge is 2.14. The molecule has 2 rings (SSSR count). The van der Waals surface area contributed by atoms with Crippen LogP contribution in [0.3, 0.4) is 0 Å². The van der Waals surface area contributed by atoms with Crippen molar-refractivity contribution in [1.82, 2.24) is 10.3 Å². The number of hydrogen-bond donors (Lipinski definition) is 1. The molecule has 1 heterocycles. The molecule has 0 aliphatic rings. The van der Waals surface area contributed by atoms with E-state index in [-0.39, 0.29) is 11.9 Å². The third-order valence-corrected chi connectivity index (χ3v) is 3.63.